The lowest BCUT2D eigenvalue weighted by molar-refractivity contribution is 0.0106. The molecule has 0 unspecified atom stereocenters. The van der Waals surface area contributed by atoms with Gasteiger partial charge in [0.25, 0.3) is 0 Å². The monoisotopic (exact) mass is 207 g/mol. The lowest BCUT2D eigenvalue weighted by Crippen LogP contribution is -2.13. The van der Waals surface area contributed by atoms with Gasteiger partial charge < -0.3 is 15.2 Å². The van der Waals surface area contributed by atoms with Gasteiger partial charge in [-0.15, -0.1) is 0 Å². The van der Waals surface area contributed by atoms with Gasteiger partial charge in [-0.1, -0.05) is 12.1 Å². The molecule has 82 valence electrons. The van der Waals surface area contributed by atoms with Gasteiger partial charge in [-0.3, -0.25) is 0 Å². The normalized spacial score (nSPS) is 20.7. The number of nitrogen functional groups attached to an aromatic ring is 1. The van der Waals surface area contributed by atoms with Crippen LogP contribution in [0.3, 0.4) is 0 Å². The van der Waals surface area contributed by atoms with Crippen molar-refractivity contribution in [2.45, 2.75) is 25.6 Å². The minimum Gasteiger partial charge on any atom is -0.399 e. The molecule has 3 heteroatoms. The molecule has 0 saturated carbocycles. The van der Waals surface area contributed by atoms with Crippen molar-refractivity contribution in [3.05, 3.63) is 29.8 Å². The summed E-state index contributed by atoms with van der Waals surface area (Å²) in [4.78, 5) is 0. The third kappa shape index (κ3) is 3.22. The Balaban J connectivity index is 1.73. The Kier molecular flexibility index (Phi) is 3.59. The maximum Gasteiger partial charge on any atom is 0.0809 e. The lowest BCUT2D eigenvalue weighted by Gasteiger charge is -2.10. The Hall–Kier alpha value is -1.06. The SMILES string of the molecule is Nc1cccc(COC[C@@H]2CCCO2)c1. The van der Waals surface area contributed by atoms with E-state index in [0.717, 1.165) is 30.7 Å². The van der Waals surface area contributed by atoms with Crippen LogP contribution >= 0.6 is 0 Å². The van der Waals surface area contributed by atoms with Gasteiger partial charge in [0.05, 0.1) is 19.3 Å². The van der Waals surface area contributed by atoms with Gasteiger partial charge in [-0.25, -0.2) is 0 Å². The Morgan fingerprint density at radius 1 is 1.47 bits per heavy atom. The van der Waals surface area contributed by atoms with Gasteiger partial charge in [0.1, 0.15) is 0 Å². The van der Waals surface area contributed by atoms with Crippen LogP contribution in [0.1, 0.15) is 18.4 Å². The van der Waals surface area contributed by atoms with Crippen molar-refractivity contribution in [1.29, 1.82) is 0 Å². The predicted molar refractivity (Wildman–Crippen MR) is 59.5 cm³/mol. The molecule has 1 heterocycles. The second-order valence-corrected chi connectivity index (χ2v) is 3.90. The fraction of sp³-hybridized carbons (Fsp3) is 0.500. The molecule has 0 bridgehead atoms. The van der Waals surface area contributed by atoms with Crippen molar-refractivity contribution in [1.82, 2.24) is 0 Å². The fourth-order valence-corrected chi connectivity index (χ4v) is 1.77. The molecular formula is C12H17NO2. The number of rotatable bonds is 4. The van der Waals surface area contributed by atoms with E-state index < -0.39 is 0 Å². The molecule has 1 saturated heterocycles. The first-order valence-corrected chi connectivity index (χ1v) is 5.38. The summed E-state index contributed by atoms with van der Waals surface area (Å²) in [6.45, 7) is 2.19. The average Bonchev–Trinajstić information content (AvgIpc) is 2.71. The van der Waals surface area contributed by atoms with Crippen LogP contribution < -0.4 is 5.73 Å². The highest BCUT2D eigenvalue weighted by Crippen LogP contribution is 2.13. The van der Waals surface area contributed by atoms with Crippen LogP contribution in [0.4, 0.5) is 5.69 Å². The first-order chi connectivity index (χ1) is 7.34. The predicted octanol–water partition coefficient (Wildman–Crippen LogP) is 1.96. The molecule has 0 aliphatic carbocycles. The number of benzene rings is 1. The highest BCUT2D eigenvalue weighted by atomic mass is 16.5. The third-order valence-electron chi connectivity index (χ3n) is 2.55. The van der Waals surface area contributed by atoms with E-state index in [4.69, 9.17) is 15.2 Å². The van der Waals surface area contributed by atoms with Crippen LogP contribution in [0.2, 0.25) is 0 Å². The molecule has 2 N–H and O–H groups in total. The van der Waals surface area contributed by atoms with E-state index >= 15 is 0 Å². The van der Waals surface area contributed by atoms with E-state index in [9.17, 15) is 0 Å². The molecule has 1 fully saturated rings. The standard InChI is InChI=1S/C12H17NO2/c13-11-4-1-3-10(7-11)8-14-9-12-5-2-6-15-12/h1,3-4,7,12H,2,5-6,8-9,13H2/t12-/m0/s1. The molecule has 15 heavy (non-hydrogen) atoms. The summed E-state index contributed by atoms with van der Waals surface area (Å²) in [7, 11) is 0. The number of anilines is 1. The molecule has 0 spiro atoms. The molecular weight excluding hydrogens is 190 g/mol. The Morgan fingerprint density at radius 3 is 3.13 bits per heavy atom. The maximum atomic E-state index is 5.67. The molecule has 1 aromatic rings. The summed E-state index contributed by atoms with van der Waals surface area (Å²) in [5.74, 6) is 0. The molecule has 2 rings (SSSR count). The summed E-state index contributed by atoms with van der Waals surface area (Å²) in [5.41, 5.74) is 7.58. The number of ether oxygens (including phenoxy) is 2. The van der Waals surface area contributed by atoms with Crippen LogP contribution in [-0.2, 0) is 16.1 Å². The molecule has 1 aliphatic rings. The third-order valence-corrected chi connectivity index (χ3v) is 2.55. The van der Waals surface area contributed by atoms with Crippen LogP contribution in [0, 0.1) is 0 Å². The van der Waals surface area contributed by atoms with Crippen molar-refractivity contribution in [3.63, 3.8) is 0 Å². The Labute approximate surface area is 90.2 Å². The zero-order valence-electron chi connectivity index (χ0n) is 8.82. The van der Waals surface area contributed by atoms with Crippen LogP contribution in [-0.4, -0.2) is 19.3 Å². The van der Waals surface area contributed by atoms with Crippen LogP contribution in [0.5, 0.6) is 0 Å². The fourth-order valence-electron chi connectivity index (χ4n) is 1.77. The second kappa shape index (κ2) is 5.14. The van der Waals surface area contributed by atoms with E-state index in [1.54, 1.807) is 0 Å². The molecule has 0 radical (unpaired) electrons. The lowest BCUT2D eigenvalue weighted by atomic mass is 10.2. The largest absolute Gasteiger partial charge is 0.399 e. The smallest absolute Gasteiger partial charge is 0.0809 e. The molecule has 3 nitrogen and oxygen atoms in total. The van der Waals surface area contributed by atoms with Crippen LogP contribution in [0.15, 0.2) is 24.3 Å². The highest BCUT2D eigenvalue weighted by Gasteiger charge is 2.14. The quantitative estimate of drug-likeness (QED) is 0.768. The van der Waals surface area contributed by atoms with E-state index in [1.165, 1.54) is 0 Å². The van der Waals surface area contributed by atoms with Gasteiger partial charge in [0.15, 0.2) is 0 Å². The van der Waals surface area contributed by atoms with Crippen molar-refractivity contribution in [3.8, 4) is 0 Å². The zero-order chi connectivity index (χ0) is 10.5. The molecule has 1 atom stereocenters. The minimum absolute atomic E-state index is 0.297. The summed E-state index contributed by atoms with van der Waals surface area (Å²) in [5, 5.41) is 0. The van der Waals surface area contributed by atoms with Gasteiger partial charge >= 0.3 is 0 Å². The Morgan fingerprint density at radius 2 is 2.40 bits per heavy atom. The van der Waals surface area contributed by atoms with Gasteiger partial charge in [0.2, 0.25) is 0 Å². The van der Waals surface area contributed by atoms with Crippen molar-refractivity contribution in [2.24, 2.45) is 0 Å². The molecule has 1 aliphatic heterocycles. The molecule has 0 aromatic heterocycles. The highest BCUT2D eigenvalue weighted by molar-refractivity contribution is 5.40. The average molecular weight is 207 g/mol. The first-order valence-electron chi connectivity index (χ1n) is 5.38. The number of hydrogen-bond donors (Lipinski definition) is 1. The van der Waals surface area contributed by atoms with Crippen molar-refractivity contribution < 1.29 is 9.47 Å². The topological polar surface area (TPSA) is 44.5 Å². The number of nitrogens with two attached hydrogens (primary N) is 1. The zero-order valence-corrected chi connectivity index (χ0v) is 8.82. The summed E-state index contributed by atoms with van der Waals surface area (Å²) in [6, 6.07) is 7.78. The molecule has 0 amide bonds. The maximum absolute atomic E-state index is 5.67. The van der Waals surface area contributed by atoms with Crippen molar-refractivity contribution >= 4 is 5.69 Å². The Bertz CT molecular complexity index is 308. The first kappa shape index (κ1) is 10.5. The minimum atomic E-state index is 0.297. The van der Waals surface area contributed by atoms with Gasteiger partial charge in [0, 0.05) is 12.3 Å². The van der Waals surface area contributed by atoms with E-state index in [1.807, 2.05) is 24.3 Å². The second-order valence-electron chi connectivity index (χ2n) is 3.90. The van der Waals surface area contributed by atoms with Crippen LogP contribution in [0.25, 0.3) is 0 Å². The van der Waals surface area contributed by atoms with E-state index in [-0.39, 0.29) is 0 Å². The summed E-state index contributed by atoms with van der Waals surface area (Å²) in [6.07, 6.45) is 2.58. The van der Waals surface area contributed by atoms with E-state index in [2.05, 4.69) is 0 Å². The van der Waals surface area contributed by atoms with E-state index in [0.29, 0.717) is 19.3 Å². The summed E-state index contributed by atoms with van der Waals surface area (Å²) >= 11 is 0. The van der Waals surface area contributed by atoms with Crippen molar-refractivity contribution in [2.75, 3.05) is 18.9 Å². The van der Waals surface area contributed by atoms with Gasteiger partial charge in [-0.2, -0.15) is 0 Å². The number of hydrogen-bond acceptors (Lipinski definition) is 3. The summed E-state index contributed by atoms with van der Waals surface area (Å²) < 4.78 is 11.0. The van der Waals surface area contributed by atoms with Gasteiger partial charge in [-0.05, 0) is 30.5 Å². The molecule has 1 aromatic carbocycles.